The summed E-state index contributed by atoms with van der Waals surface area (Å²) in [6.45, 7) is 1.63. The Morgan fingerprint density at radius 3 is 2.21 bits per heavy atom. The lowest BCUT2D eigenvalue weighted by Crippen LogP contribution is -2.35. The number of rotatable bonds is 6. The quantitative estimate of drug-likeness (QED) is 0.256. The lowest BCUT2D eigenvalue weighted by atomic mass is 10.1. The lowest BCUT2D eigenvalue weighted by Gasteiger charge is -2.31. The minimum absolute atomic E-state index is 0.179. The van der Waals surface area contributed by atoms with Crippen LogP contribution in [0.1, 0.15) is 33.6 Å². The highest BCUT2D eigenvalue weighted by atomic mass is 16.3. The van der Waals surface area contributed by atoms with Crippen LogP contribution in [-0.2, 0) is 0 Å². The topological polar surface area (TPSA) is 115 Å². The molecule has 196 valence electrons. The number of nitrogens with one attached hydrogen (secondary N) is 3. The maximum Gasteiger partial charge on any atom is 0.257 e. The minimum atomic E-state index is -0.217. The first kappa shape index (κ1) is 24.4. The van der Waals surface area contributed by atoms with Crippen molar-refractivity contribution in [2.24, 2.45) is 0 Å². The molecule has 39 heavy (non-hydrogen) atoms. The highest BCUT2D eigenvalue weighted by molar-refractivity contribution is 6.05. The van der Waals surface area contributed by atoms with Gasteiger partial charge < -0.3 is 25.6 Å². The Bertz CT molecular complexity index is 1600. The maximum atomic E-state index is 12.9. The number of carbonyl (C=O) groups is 2. The second kappa shape index (κ2) is 10.5. The third kappa shape index (κ3) is 5.25. The number of aliphatic hydroxyl groups excluding tert-OH is 1. The van der Waals surface area contributed by atoms with E-state index >= 15 is 0 Å². The zero-order valence-electron chi connectivity index (χ0n) is 21.2. The molecular weight excluding hydrogens is 492 g/mol. The van der Waals surface area contributed by atoms with Gasteiger partial charge in [-0.25, -0.2) is 4.68 Å². The van der Waals surface area contributed by atoms with Gasteiger partial charge in [0.1, 0.15) is 0 Å². The highest BCUT2D eigenvalue weighted by Gasteiger charge is 2.18. The van der Waals surface area contributed by atoms with Crippen LogP contribution < -0.4 is 15.5 Å². The second-order valence-electron chi connectivity index (χ2n) is 9.65. The monoisotopic (exact) mass is 520 g/mol. The van der Waals surface area contributed by atoms with Crippen molar-refractivity contribution in [2.75, 3.05) is 28.6 Å². The summed E-state index contributed by atoms with van der Waals surface area (Å²) in [6, 6.07) is 22.4. The lowest BCUT2D eigenvalue weighted by molar-refractivity contribution is 0.101. The fraction of sp³-hybridized carbons (Fsp3) is 0.167. The van der Waals surface area contributed by atoms with Crippen molar-refractivity contribution < 1.29 is 14.7 Å². The number of benzene rings is 3. The number of hydrogen-bond acceptors (Lipinski definition) is 5. The van der Waals surface area contributed by atoms with Gasteiger partial charge in [0.15, 0.2) is 0 Å². The highest BCUT2D eigenvalue weighted by Crippen LogP contribution is 2.25. The van der Waals surface area contributed by atoms with E-state index in [1.807, 2.05) is 71.4 Å². The molecule has 5 aromatic rings. The molecule has 1 aliphatic heterocycles. The Morgan fingerprint density at radius 1 is 0.821 bits per heavy atom. The zero-order chi connectivity index (χ0) is 26.8. The van der Waals surface area contributed by atoms with Crippen LogP contribution in [-0.4, -0.2) is 50.9 Å². The van der Waals surface area contributed by atoms with E-state index in [2.05, 4.69) is 25.6 Å². The van der Waals surface area contributed by atoms with Crippen LogP contribution >= 0.6 is 0 Å². The van der Waals surface area contributed by atoms with Gasteiger partial charge in [-0.1, -0.05) is 0 Å². The molecule has 3 heterocycles. The average Bonchev–Trinajstić information content (AvgIpc) is 3.65. The molecular formula is C30H28N6O3. The Balaban J connectivity index is 1.12. The number of amides is 2. The molecule has 4 N–H and O–H groups in total. The van der Waals surface area contributed by atoms with E-state index in [9.17, 15) is 14.7 Å². The van der Waals surface area contributed by atoms with E-state index < -0.39 is 0 Å². The van der Waals surface area contributed by atoms with Gasteiger partial charge in [0.25, 0.3) is 11.8 Å². The first-order valence-electron chi connectivity index (χ1n) is 12.9. The largest absolute Gasteiger partial charge is 0.393 e. The molecule has 0 radical (unpaired) electrons. The molecule has 3 aromatic carbocycles. The van der Waals surface area contributed by atoms with Gasteiger partial charge >= 0.3 is 0 Å². The standard InChI is InChI=1S/C30H28N6O3/c37-27-12-15-35(16-13-27)25-6-1-20(2-7-25)29(38)34-24-5-10-28-22(17-24)19-32-36(28)26-8-3-23(4-9-26)33-30(39)21-11-14-31-18-21/h1-11,14,17-19,27,31,37H,12-13,15-16H2,(H,33,39)(H,34,38). The van der Waals surface area contributed by atoms with Crippen LogP contribution in [0.4, 0.5) is 17.1 Å². The van der Waals surface area contributed by atoms with Gasteiger partial charge in [0.2, 0.25) is 0 Å². The molecule has 0 bridgehead atoms. The summed E-state index contributed by atoms with van der Waals surface area (Å²) in [5.41, 5.74) is 5.32. The molecule has 2 amide bonds. The molecule has 1 saturated heterocycles. The number of fused-ring (bicyclic) bond motifs is 1. The van der Waals surface area contributed by atoms with Crippen LogP contribution in [0.25, 0.3) is 16.6 Å². The van der Waals surface area contributed by atoms with Crippen molar-refractivity contribution in [3.63, 3.8) is 0 Å². The number of piperidine rings is 1. The van der Waals surface area contributed by atoms with Crippen LogP contribution in [0.3, 0.4) is 0 Å². The number of aromatic nitrogens is 3. The Kier molecular flexibility index (Phi) is 6.56. The van der Waals surface area contributed by atoms with E-state index in [0.717, 1.165) is 48.2 Å². The van der Waals surface area contributed by atoms with Crippen molar-refractivity contribution >= 4 is 39.8 Å². The number of hydrogen-bond donors (Lipinski definition) is 4. The molecule has 0 saturated carbocycles. The molecule has 6 rings (SSSR count). The van der Waals surface area contributed by atoms with Gasteiger partial charge in [-0.05, 0) is 85.6 Å². The molecule has 0 spiro atoms. The first-order valence-corrected chi connectivity index (χ1v) is 12.9. The Labute approximate surface area is 225 Å². The fourth-order valence-corrected chi connectivity index (χ4v) is 4.82. The number of aromatic amines is 1. The van der Waals surface area contributed by atoms with Crippen molar-refractivity contribution in [1.82, 2.24) is 14.8 Å². The van der Waals surface area contributed by atoms with Crippen molar-refractivity contribution in [3.8, 4) is 5.69 Å². The molecule has 1 aliphatic rings. The summed E-state index contributed by atoms with van der Waals surface area (Å²) >= 11 is 0. The number of aliphatic hydroxyl groups is 1. The molecule has 2 aromatic heterocycles. The molecule has 9 heteroatoms. The van der Waals surface area contributed by atoms with E-state index in [0.29, 0.717) is 22.5 Å². The predicted molar refractivity (Wildman–Crippen MR) is 152 cm³/mol. The van der Waals surface area contributed by atoms with Gasteiger partial charge in [0.05, 0.1) is 29.1 Å². The fourth-order valence-electron chi connectivity index (χ4n) is 4.82. The van der Waals surface area contributed by atoms with Gasteiger partial charge in [-0.3, -0.25) is 9.59 Å². The molecule has 9 nitrogen and oxygen atoms in total. The minimum Gasteiger partial charge on any atom is -0.393 e. The van der Waals surface area contributed by atoms with Crippen LogP contribution in [0.5, 0.6) is 0 Å². The van der Waals surface area contributed by atoms with Crippen LogP contribution in [0.15, 0.2) is 91.4 Å². The summed E-state index contributed by atoms with van der Waals surface area (Å²) in [4.78, 5) is 30.2. The second-order valence-corrected chi connectivity index (χ2v) is 9.65. The predicted octanol–water partition coefficient (Wildman–Crippen LogP) is 4.82. The van der Waals surface area contributed by atoms with Gasteiger partial charge in [-0.2, -0.15) is 5.10 Å². The van der Waals surface area contributed by atoms with Gasteiger partial charge in [0, 0.05) is 53.5 Å². The van der Waals surface area contributed by atoms with Gasteiger partial charge in [-0.15, -0.1) is 0 Å². The van der Waals surface area contributed by atoms with Crippen LogP contribution in [0.2, 0.25) is 0 Å². The third-order valence-corrected chi connectivity index (χ3v) is 7.01. The van der Waals surface area contributed by atoms with E-state index in [4.69, 9.17) is 0 Å². The Morgan fingerprint density at radius 2 is 1.49 bits per heavy atom. The SMILES string of the molecule is O=C(Nc1ccc2c(cnn2-c2ccc(NC(=O)c3cc[nH]c3)cc2)c1)c1ccc(N2CCC(O)CC2)cc1. The maximum absolute atomic E-state index is 12.9. The molecule has 0 aliphatic carbocycles. The van der Waals surface area contributed by atoms with E-state index in [1.165, 1.54) is 0 Å². The molecule has 0 unspecified atom stereocenters. The normalized spacial score (nSPS) is 13.9. The van der Waals surface area contributed by atoms with Crippen LogP contribution in [0, 0.1) is 0 Å². The third-order valence-electron chi connectivity index (χ3n) is 7.01. The van der Waals surface area contributed by atoms with Crippen molar-refractivity contribution in [1.29, 1.82) is 0 Å². The summed E-state index contributed by atoms with van der Waals surface area (Å²) in [5, 5.41) is 21.0. The Hall–Kier alpha value is -4.89. The summed E-state index contributed by atoms with van der Waals surface area (Å²) in [5.74, 6) is -0.360. The molecule has 0 atom stereocenters. The van der Waals surface area contributed by atoms with E-state index in [1.54, 1.807) is 24.7 Å². The number of nitrogens with zero attached hydrogens (tertiary/aromatic N) is 3. The number of anilines is 3. The molecule has 1 fully saturated rings. The summed E-state index contributed by atoms with van der Waals surface area (Å²) in [7, 11) is 0. The summed E-state index contributed by atoms with van der Waals surface area (Å²) < 4.78 is 1.82. The summed E-state index contributed by atoms with van der Waals surface area (Å²) in [6.07, 6.45) is 6.43. The number of carbonyl (C=O) groups excluding carboxylic acids is 2. The van der Waals surface area contributed by atoms with Crippen molar-refractivity contribution in [2.45, 2.75) is 18.9 Å². The zero-order valence-corrected chi connectivity index (χ0v) is 21.2. The van der Waals surface area contributed by atoms with E-state index in [-0.39, 0.29) is 17.9 Å². The van der Waals surface area contributed by atoms with Crippen molar-refractivity contribution in [3.05, 3.63) is 103 Å². The smallest absolute Gasteiger partial charge is 0.257 e. The average molecular weight is 521 g/mol. The number of H-pyrrole nitrogens is 1. The first-order chi connectivity index (χ1) is 19.0.